The Labute approximate surface area is 382 Å². The highest BCUT2D eigenvalue weighted by atomic mass is 16.3. The summed E-state index contributed by atoms with van der Waals surface area (Å²) in [5, 5.41) is 12.1. The number of benzene rings is 12. The van der Waals surface area contributed by atoms with Gasteiger partial charge < -0.3 is 9.32 Å². The molecule has 0 fully saturated rings. The molecule has 12 aromatic carbocycles. The van der Waals surface area contributed by atoms with Crippen LogP contribution in [0, 0.1) is 0 Å². The molecule has 308 valence electrons. The summed E-state index contributed by atoms with van der Waals surface area (Å²) >= 11 is 0. The first kappa shape index (κ1) is 37.8. The van der Waals surface area contributed by atoms with E-state index in [0.29, 0.717) is 0 Å². The van der Waals surface area contributed by atoms with Gasteiger partial charge in [0.2, 0.25) is 0 Å². The molecule has 0 atom stereocenters. The maximum atomic E-state index is 6.63. The lowest BCUT2D eigenvalue weighted by atomic mass is 9.93. The first-order chi connectivity index (χ1) is 32.7. The highest BCUT2D eigenvalue weighted by molar-refractivity contribution is 6.19. The molecule has 0 aliphatic rings. The first-order valence-electron chi connectivity index (χ1n) is 22.7. The molecule has 0 unspecified atom stereocenters. The summed E-state index contributed by atoms with van der Waals surface area (Å²) < 4.78 is 6.63. The molecule has 0 aliphatic heterocycles. The van der Waals surface area contributed by atoms with Crippen molar-refractivity contribution < 1.29 is 4.42 Å². The van der Waals surface area contributed by atoms with Gasteiger partial charge in [-0.25, -0.2) is 0 Å². The van der Waals surface area contributed by atoms with Gasteiger partial charge in [-0.05, 0) is 137 Å². The summed E-state index contributed by atoms with van der Waals surface area (Å²) in [4.78, 5) is 2.38. The summed E-state index contributed by atoms with van der Waals surface area (Å²) in [6.07, 6.45) is 0. The van der Waals surface area contributed by atoms with Gasteiger partial charge in [0, 0.05) is 33.2 Å². The second-order valence-corrected chi connectivity index (χ2v) is 17.2. The molecule has 2 nitrogen and oxygen atoms in total. The van der Waals surface area contributed by atoms with Gasteiger partial charge in [-0.15, -0.1) is 0 Å². The zero-order valence-electron chi connectivity index (χ0n) is 36.0. The van der Waals surface area contributed by atoms with Crippen LogP contribution in [0.5, 0.6) is 0 Å². The monoisotopic (exact) mass is 839 g/mol. The van der Waals surface area contributed by atoms with Crippen LogP contribution in [0.2, 0.25) is 0 Å². The number of fused-ring (bicyclic) bond motifs is 9. The van der Waals surface area contributed by atoms with Crippen LogP contribution in [0.25, 0.3) is 110 Å². The van der Waals surface area contributed by atoms with Gasteiger partial charge in [-0.3, -0.25) is 0 Å². The maximum Gasteiger partial charge on any atom is 0.143 e. The number of hydrogen-bond donors (Lipinski definition) is 0. The van der Waals surface area contributed by atoms with Gasteiger partial charge in [0.15, 0.2) is 0 Å². The summed E-state index contributed by atoms with van der Waals surface area (Å²) in [6.45, 7) is 0. The average Bonchev–Trinajstić information content (AvgIpc) is 3.79. The third-order valence-electron chi connectivity index (χ3n) is 13.5. The topological polar surface area (TPSA) is 16.4 Å². The lowest BCUT2D eigenvalue weighted by Crippen LogP contribution is -2.10. The molecule has 1 aromatic heterocycles. The Kier molecular flexibility index (Phi) is 8.89. The number of furan rings is 1. The van der Waals surface area contributed by atoms with Crippen LogP contribution in [0.4, 0.5) is 17.1 Å². The molecular weight excluding hydrogens is 799 g/mol. The third kappa shape index (κ3) is 6.34. The van der Waals surface area contributed by atoms with E-state index in [2.05, 4.69) is 254 Å². The van der Waals surface area contributed by atoms with Gasteiger partial charge >= 0.3 is 0 Å². The molecule has 0 N–H and O–H groups in total. The van der Waals surface area contributed by atoms with Crippen LogP contribution in [0.1, 0.15) is 0 Å². The Morgan fingerprint density at radius 1 is 0.258 bits per heavy atom. The van der Waals surface area contributed by atoms with E-state index in [0.717, 1.165) is 55.5 Å². The van der Waals surface area contributed by atoms with Crippen molar-refractivity contribution in [3.8, 4) is 44.5 Å². The number of rotatable bonds is 7. The predicted molar refractivity (Wildman–Crippen MR) is 280 cm³/mol. The van der Waals surface area contributed by atoms with E-state index in [9.17, 15) is 0 Å². The molecule has 0 radical (unpaired) electrons. The molecule has 13 aromatic rings. The minimum absolute atomic E-state index is 0.888. The lowest BCUT2D eigenvalue weighted by molar-refractivity contribution is 0.673. The molecule has 0 saturated heterocycles. The van der Waals surface area contributed by atoms with Crippen molar-refractivity contribution in [1.82, 2.24) is 0 Å². The van der Waals surface area contributed by atoms with Crippen LogP contribution in [-0.4, -0.2) is 0 Å². The molecule has 13 rings (SSSR count). The molecule has 0 saturated carbocycles. The lowest BCUT2D eigenvalue weighted by Gasteiger charge is -2.26. The van der Waals surface area contributed by atoms with Crippen molar-refractivity contribution in [2.75, 3.05) is 4.90 Å². The molecule has 0 aliphatic carbocycles. The number of hydrogen-bond acceptors (Lipinski definition) is 2. The predicted octanol–water partition coefficient (Wildman–Crippen LogP) is 18.3. The second kappa shape index (κ2) is 15.5. The average molecular weight is 840 g/mol. The van der Waals surface area contributed by atoms with Crippen molar-refractivity contribution in [2.24, 2.45) is 0 Å². The van der Waals surface area contributed by atoms with Gasteiger partial charge in [0.05, 0.1) is 0 Å². The molecule has 1 heterocycles. The second-order valence-electron chi connectivity index (χ2n) is 17.2. The van der Waals surface area contributed by atoms with Crippen molar-refractivity contribution in [1.29, 1.82) is 0 Å². The maximum absolute atomic E-state index is 6.63. The SMILES string of the molecule is c1cc(-c2cccc3oc4c5ccccc5ccc4c23)cc(N(c2ccc(-c3ccc(-c4cccc5ccccc45)cc3)cc2)c2ccc(-c3cc4ccccc4c4ccccc34)cc2)c1. The van der Waals surface area contributed by atoms with E-state index in [1.165, 1.54) is 71.1 Å². The van der Waals surface area contributed by atoms with Crippen LogP contribution in [-0.2, 0) is 0 Å². The Morgan fingerprint density at radius 3 is 1.55 bits per heavy atom. The van der Waals surface area contributed by atoms with E-state index >= 15 is 0 Å². The molecular formula is C64H41NO. The van der Waals surface area contributed by atoms with Crippen LogP contribution in [0.3, 0.4) is 0 Å². The van der Waals surface area contributed by atoms with Crippen molar-refractivity contribution in [3.05, 3.63) is 249 Å². The Bertz CT molecular complexity index is 3970. The van der Waals surface area contributed by atoms with Crippen molar-refractivity contribution >= 4 is 82.1 Å². The van der Waals surface area contributed by atoms with E-state index in [1.807, 2.05) is 0 Å². The van der Waals surface area contributed by atoms with E-state index < -0.39 is 0 Å². The Morgan fingerprint density at radius 2 is 0.788 bits per heavy atom. The zero-order valence-corrected chi connectivity index (χ0v) is 36.0. The van der Waals surface area contributed by atoms with E-state index in [1.54, 1.807) is 0 Å². The quantitative estimate of drug-likeness (QED) is 0.149. The number of anilines is 3. The minimum atomic E-state index is 0.888. The summed E-state index contributed by atoms with van der Waals surface area (Å²) in [7, 11) is 0. The minimum Gasteiger partial charge on any atom is -0.455 e. The van der Waals surface area contributed by atoms with E-state index in [-0.39, 0.29) is 0 Å². The molecule has 0 spiro atoms. The Balaban J connectivity index is 0.915. The smallest absolute Gasteiger partial charge is 0.143 e. The van der Waals surface area contributed by atoms with Gasteiger partial charge in [0.25, 0.3) is 0 Å². The van der Waals surface area contributed by atoms with Gasteiger partial charge in [-0.2, -0.15) is 0 Å². The largest absolute Gasteiger partial charge is 0.455 e. The summed E-state index contributed by atoms with van der Waals surface area (Å²) in [5.74, 6) is 0. The van der Waals surface area contributed by atoms with Gasteiger partial charge in [0.1, 0.15) is 11.2 Å². The molecule has 2 heteroatoms. The molecule has 66 heavy (non-hydrogen) atoms. The highest BCUT2D eigenvalue weighted by Crippen LogP contribution is 2.44. The fraction of sp³-hybridized carbons (Fsp3) is 0. The van der Waals surface area contributed by atoms with Crippen LogP contribution < -0.4 is 4.90 Å². The van der Waals surface area contributed by atoms with Crippen LogP contribution >= 0.6 is 0 Å². The first-order valence-corrected chi connectivity index (χ1v) is 22.7. The van der Waals surface area contributed by atoms with Gasteiger partial charge in [-0.1, -0.05) is 194 Å². The standard InChI is InChI=1S/C64H41NO/c1-4-18-53-44(12-1)15-10-23-54(53)46-28-26-42(27-29-46)43-30-35-50(36-31-43)65(51-37-32-47(33-38-51)61-41-49-14-3-5-19-55(49)58-21-7-8-22-59(58)61)52-17-9-16-48(40-52)56-24-11-25-62-63(56)60-39-34-45-13-2-6-20-57(45)64(60)66-62/h1-41H. The summed E-state index contributed by atoms with van der Waals surface area (Å²) in [5.41, 5.74) is 14.5. The normalized spacial score (nSPS) is 11.6. The molecule has 0 amide bonds. The zero-order chi connectivity index (χ0) is 43.6. The van der Waals surface area contributed by atoms with Crippen LogP contribution in [0.15, 0.2) is 253 Å². The van der Waals surface area contributed by atoms with E-state index in [4.69, 9.17) is 4.42 Å². The fourth-order valence-electron chi connectivity index (χ4n) is 10.3. The van der Waals surface area contributed by atoms with Crippen molar-refractivity contribution in [3.63, 3.8) is 0 Å². The summed E-state index contributed by atoms with van der Waals surface area (Å²) in [6, 6.07) is 90.2. The highest BCUT2D eigenvalue weighted by Gasteiger charge is 2.19. The molecule has 0 bridgehead atoms. The Hall–Kier alpha value is -8.72. The van der Waals surface area contributed by atoms with Crippen molar-refractivity contribution in [2.45, 2.75) is 0 Å². The third-order valence-corrected chi connectivity index (χ3v) is 13.5. The fourth-order valence-corrected chi connectivity index (χ4v) is 10.3. The number of nitrogens with zero attached hydrogens (tertiary/aromatic N) is 1.